The van der Waals surface area contributed by atoms with Crippen molar-refractivity contribution in [1.82, 2.24) is 15.0 Å². The van der Waals surface area contributed by atoms with E-state index >= 15 is 0 Å². The molecule has 3 heterocycles. The summed E-state index contributed by atoms with van der Waals surface area (Å²) in [4.78, 5) is 19.8. The average molecular weight is 400 g/mol. The summed E-state index contributed by atoms with van der Waals surface area (Å²) < 4.78 is 5.47. The maximum Gasteiger partial charge on any atom is 0.246 e. The minimum atomic E-state index is 0.0502. The van der Waals surface area contributed by atoms with Crippen LogP contribution in [0.15, 0.2) is 52.4 Å². The highest BCUT2D eigenvalue weighted by molar-refractivity contribution is 7.10. The van der Waals surface area contributed by atoms with Gasteiger partial charge in [0.1, 0.15) is 0 Å². The Morgan fingerprint density at radius 1 is 1.22 bits per heavy atom. The van der Waals surface area contributed by atoms with Crippen molar-refractivity contribution in [2.24, 2.45) is 0 Å². The average Bonchev–Trinajstić information content (AvgIpc) is 3.39. The Morgan fingerprint density at radius 2 is 2.00 bits per heavy atom. The monoisotopic (exact) mass is 399 g/mol. The molecule has 0 atom stereocenters. The number of benzene rings is 1. The van der Waals surface area contributed by atoms with Crippen molar-refractivity contribution in [2.45, 2.75) is 18.8 Å². The Kier molecular flexibility index (Phi) is 5.36. The van der Waals surface area contributed by atoms with E-state index in [2.05, 4.69) is 10.1 Å². The number of halogens is 1. The summed E-state index contributed by atoms with van der Waals surface area (Å²) in [6.45, 7) is 1.38. The van der Waals surface area contributed by atoms with Crippen molar-refractivity contribution in [3.8, 4) is 11.4 Å². The van der Waals surface area contributed by atoms with Gasteiger partial charge in [-0.1, -0.05) is 22.8 Å². The largest absolute Gasteiger partial charge is 0.339 e. The van der Waals surface area contributed by atoms with Crippen LogP contribution in [0.4, 0.5) is 0 Å². The molecule has 3 aromatic rings. The summed E-state index contributed by atoms with van der Waals surface area (Å²) in [5.74, 6) is 1.44. The summed E-state index contributed by atoms with van der Waals surface area (Å²) in [5, 5.41) is 6.76. The summed E-state index contributed by atoms with van der Waals surface area (Å²) in [6.07, 6.45) is 5.16. The maximum atomic E-state index is 12.3. The summed E-state index contributed by atoms with van der Waals surface area (Å²) in [5.41, 5.74) is 0.876. The van der Waals surface area contributed by atoms with Crippen LogP contribution in [-0.2, 0) is 4.79 Å². The van der Waals surface area contributed by atoms with Crippen LogP contribution < -0.4 is 0 Å². The van der Waals surface area contributed by atoms with Crippen molar-refractivity contribution in [3.63, 3.8) is 0 Å². The standard InChI is InChI=1S/C20H18ClN3O2S/c21-16-5-3-14(4-6-16)19-22-20(26-23-19)15-9-11-24(12-10-15)18(25)8-7-17-2-1-13-27-17/h1-8,13,15H,9-12H2. The molecular weight excluding hydrogens is 382 g/mol. The van der Waals surface area contributed by atoms with Gasteiger partial charge in [-0.2, -0.15) is 4.98 Å². The Hall–Kier alpha value is -2.44. The lowest BCUT2D eigenvalue weighted by Gasteiger charge is -2.29. The van der Waals surface area contributed by atoms with Gasteiger partial charge in [0, 0.05) is 40.5 Å². The molecule has 0 N–H and O–H groups in total. The van der Waals surface area contributed by atoms with Gasteiger partial charge in [-0.15, -0.1) is 11.3 Å². The number of hydrogen-bond acceptors (Lipinski definition) is 5. The SMILES string of the molecule is O=C(C=Cc1cccs1)N1CCC(c2nc(-c3ccc(Cl)cc3)no2)CC1. The Bertz CT molecular complexity index is 927. The van der Waals surface area contributed by atoms with Gasteiger partial charge in [0.25, 0.3) is 0 Å². The molecule has 1 aliphatic rings. The van der Waals surface area contributed by atoms with Gasteiger partial charge in [0.05, 0.1) is 0 Å². The highest BCUT2D eigenvalue weighted by atomic mass is 35.5. The molecular formula is C20H18ClN3O2S. The van der Waals surface area contributed by atoms with Gasteiger partial charge >= 0.3 is 0 Å². The summed E-state index contributed by atoms with van der Waals surface area (Å²) in [7, 11) is 0. The minimum Gasteiger partial charge on any atom is -0.339 e. The molecule has 4 rings (SSSR count). The van der Waals surface area contributed by atoms with Crippen molar-refractivity contribution in [1.29, 1.82) is 0 Å². The number of rotatable bonds is 4. The second kappa shape index (κ2) is 8.06. The first-order valence-corrected chi connectivity index (χ1v) is 10.0. The third-order valence-corrected chi connectivity index (χ3v) is 5.72. The Morgan fingerprint density at radius 3 is 2.70 bits per heavy atom. The predicted molar refractivity (Wildman–Crippen MR) is 107 cm³/mol. The number of amides is 1. The number of carbonyl (C=O) groups excluding carboxylic acids is 1. The fourth-order valence-electron chi connectivity index (χ4n) is 3.11. The number of aromatic nitrogens is 2. The van der Waals surface area contributed by atoms with Crippen LogP contribution in [0.2, 0.25) is 5.02 Å². The van der Waals surface area contributed by atoms with Crippen molar-refractivity contribution >= 4 is 34.9 Å². The molecule has 1 aliphatic heterocycles. The molecule has 1 saturated heterocycles. The van der Waals surface area contributed by atoms with Crippen LogP contribution in [0.25, 0.3) is 17.5 Å². The number of nitrogens with zero attached hydrogens (tertiary/aromatic N) is 3. The van der Waals surface area contributed by atoms with E-state index in [-0.39, 0.29) is 11.8 Å². The van der Waals surface area contributed by atoms with E-state index in [4.69, 9.17) is 16.1 Å². The van der Waals surface area contributed by atoms with Gasteiger partial charge in [-0.3, -0.25) is 4.79 Å². The second-order valence-corrected chi connectivity index (χ2v) is 7.83. The second-order valence-electron chi connectivity index (χ2n) is 6.41. The van der Waals surface area contributed by atoms with E-state index in [1.807, 2.05) is 40.6 Å². The Balaban J connectivity index is 1.35. The molecule has 0 saturated carbocycles. The fourth-order valence-corrected chi connectivity index (χ4v) is 3.85. The molecule has 0 aliphatic carbocycles. The molecule has 1 aromatic carbocycles. The highest BCUT2D eigenvalue weighted by Crippen LogP contribution is 2.29. The lowest BCUT2D eigenvalue weighted by atomic mass is 9.96. The molecule has 0 bridgehead atoms. The summed E-state index contributed by atoms with van der Waals surface area (Å²) >= 11 is 7.53. The third-order valence-electron chi connectivity index (χ3n) is 4.63. The van der Waals surface area contributed by atoms with Crippen molar-refractivity contribution in [2.75, 3.05) is 13.1 Å². The molecule has 1 fully saturated rings. The van der Waals surface area contributed by atoms with Crippen LogP contribution in [0, 0.1) is 0 Å². The van der Waals surface area contributed by atoms with Gasteiger partial charge in [0.2, 0.25) is 17.6 Å². The first-order valence-electron chi connectivity index (χ1n) is 8.79. The number of likely N-dealkylation sites (tertiary alicyclic amines) is 1. The van der Waals surface area contributed by atoms with E-state index in [0.29, 0.717) is 29.8 Å². The first-order chi connectivity index (χ1) is 13.2. The molecule has 1 amide bonds. The zero-order valence-corrected chi connectivity index (χ0v) is 16.1. The summed E-state index contributed by atoms with van der Waals surface area (Å²) in [6, 6.07) is 11.3. The molecule has 138 valence electrons. The van der Waals surface area contributed by atoms with E-state index < -0.39 is 0 Å². The van der Waals surface area contributed by atoms with Gasteiger partial charge in [-0.25, -0.2) is 0 Å². The molecule has 5 nitrogen and oxygen atoms in total. The zero-order chi connectivity index (χ0) is 18.6. The highest BCUT2D eigenvalue weighted by Gasteiger charge is 2.27. The molecule has 0 radical (unpaired) electrons. The third kappa shape index (κ3) is 4.28. The predicted octanol–water partition coefficient (Wildman–Crippen LogP) is 4.87. The number of hydrogen-bond donors (Lipinski definition) is 0. The molecule has 0 unspecified atom stereocenters. The number of thiophene rings is 1. The van der Waals surface area contributed by atoms with Crippen LogP contribution in [0.3, 0.4) is 0 Å². The van der Waals surface area contributed by atoms with Crippen LogP contribution in [-0.4, -0.2) is 34.0 Å². The molecule has 0 spiro atoms. The van der Waals surface area contributed by atoms with Gasteiger partial charge in [0.15, 0.2) is 0 Å². The lowest BCUT2D eigenvalue weighted by molar-refractivity contribution is -0.127. The first kappa shape index (κ1) is 17.9. The maximum absolute atomic E-state index is 12.3. The van der Waals surface area contributed by atoms with E-state index in [1.54, 1.807) is 29.5 Å². The fraction of sp³-hybridized carbons (Fsp3) is 0.250. The van der Waals surface area contributed by atoms with E-state index in [9.17, 15) is 4.79 Å². The molecule has 27 heavy (non-hydrogen) atoms. The van der Waals surface area contributed by atoms with Crippen LogP contribution in [0.1, 0.15) is 29.5 Å². The van der Waals surface area contributed by atoms with Crippen LogP contribution in [0.5, 0.6) is 0 Å². The van der Waals surface area contributed by atoms with E-state index in [1.165, 1.54) is 0 Å². The quantitative estimate of drug-likeness (QED) is 0.587. The van der Waals surface area contributed by atoms with Gasteiger partial charge < -0.3 is 9.42 Å². The molecule has 2 aromatic heterocycles. The van der Waals surface area contributed by atoms with Crippen molar-refractivity contribution < 1.29 is 9.32 Å². The van der Waals surface area contributed by atoms with E-state index in [0.717, 1.165) is 23.3 Å². The topological polar surface area (TPSA) is 59.2 Å². The number of piperidine rings is 1. The number of carbonyl (C=O) groups is 1. The molecule has 7 heteroatoms. The van der Waals surface area contributed by atoms with Crippen LogP contribution >= 0.6 is 22.9 Å². The van der Waals surface area contributed by atoms with Gasteiger partial charge in [-0.05, 0) is 54.6 Å². The normalized spacial score (nSPS) is 15.5. The zero-order valence-electron chi connectivity index (χ0n) is 14.5. The minimum absolute atomic E-state index is 0.0502. The van der Waals surface area contributed by atoms with Crippen molar-refractivity contribution in [3.05, 3.63) is 63.6 Å². The lowest BCUT2D eigenvalue weighted by Crippen LogP contribution is -2.36. The Labute approximate surface area is 166 Å². The smallest absolute Gasteiger partial charge is 0.246 e.